The van der Waals surface area contributed by atoms with Gasteiger partial charge >= 0.3 is 0 Å². The van der Waals surface area contributed by atoms with Gasteiger partial charge in [0.15, 0.2) is 0 Å². The van der Waals surface area contributed by atoms with Crippen LogP contribution in [0.25, 0.3) is 0 Å². The zero-order chi connectivity index (χ0) is 16.2. The lowest BCUT2D eigenvalue weighted by Crippen LogP contribution is -2.47. The van der Waals surface area contributed by atoms with E-state index in [4.69, 9.17) is 9.47 Å². The van der Waals surface area contributed by atoms with Crippen LogP contribution in [-0.2, 0) is 11.3 Å². The number of morpholine rings is 1. The number of hydrogen-bond acceptors (Lipinski definition) is 5. The largest absolute Gasteiger partial charge is 0.477 e. The van der Waals surface area contributed by atoms with E-state index >= 15 is 0 Å². The van der Waals surface area contributed by atoms with E-state index in [1.165, 1.54) is 5.56 Å². The second kappa shape index (κ2) is 7.28. The van der Waals surface area contributed by atoms with Gasteiger partial charge in [-0.3, -0.25) is 9.88 Å². The van der Waals surface area contributed by atoms with E-state index in [-0.39, 0.29) is 0 Å². The molecule has 5 nitrogen and oxygen atoms in total. The molecule has 2 aromatic heterocycles. The Labute approximate surface area is 142 Å². The van der Waals surface area contributed by atoms with E-state index in [1.54, 1.807) is 6.20 Å². The molecule has 2 fully saturated rings. The molecule has 0 N–H and O–H groups in total. The molecule has 24 heavy (non-hydrogen) atoms. The third kappa shape index (κ3) is 3.57. The van der Waals surface area contributed by atoms with Crippen molar-refractivity contribution in [2.75, 3.05) is 19.8 Å². The minimum absolute atomic E-state index is 0.331. The average molecular weight is 325 g/mol. The van der Waals surface area contributed by atoms with Crippen LogP contribution < -0.4 is 4.74 Å². The molecular formula is C19H23N3O2. The molecule has 4 rings (SSSR count). The Morgan fingerprint density at radius 1 is 1.12 bits per heavy atom. The second-order valence-corrected chi connectivity index (χ2v) is 6.62. The van der Waals surface area contributed by atoms with Gasteiger partial charge in [0.05, 0.1) is 19.3 Å². The fourth-order valence-corrected chi connectivity index (χ4v) is 3.82. The van der Waals surface area contributed by atoms with E-state index in [0.717, 1.165) is 39.1 Å². The van der Waals surface area contributed by atoms with Crippen molar-refractivity contribution in [3.8, 4) is 5.88 Å². The lowest BCUT2D eigenvalue weighted by molar-refractivity contribution is -0.0590. The number of nitrogens with zero attached hydrogens (tertiary/aromatic N) is 3. The standard InChI is InChI=1S/C19H23N3O2/c1-2-6-21-19(3-1)24-14-16-11-17-18(12-16)23-10-9-22(17)13-15-4-7-20-8-5-15/h1-8,16-18H,9-14H2/t16-,17-,18-/m0/s1. The van der Waals surface area contributed by atoms with E-state index in [0.29, 0.717) is 23.9 Å². The van der Waals surface area contributed by atoms with Crippen molar-refractivity contribution in [2.24, 2.45) is 5.92 Å². The summed E-state index contributed by atoms with van der Waals surface area (Å²) in [6.45, 7) is 3.51. The molecule has 0 bridgehead atoms. The Morgan fingerprint density at radius 2 is 2.04 bits per heavy atom. The van der Waals surface area contributed by atoms with Crippen molar-refractivity contribution in [3.05, 3.63) is 54.5 Å². The maximum absolute atomic E-state index is 6.03. The van der Waals surface area contributed by atoms with Crippen molar-refractivity contribution in [1.82, 2.24) is 14.9 Å². The molecule has 2 aliphatic rings. The van der Waals surface area contributed by atoms with Crippen LogP contribution in [0.2, 0.25) is 0 Å². The summed E-state index contributed by atoms with van der Waals surface area (Å²) in [6, 6.07) is 10.5. The summed E-state index contributed by atoms with van der Waals surface area (Å²) in [7, 11) is 0. The summed E-state index contributed by atoms with van der Waals surface area (Å²) in [5.74, 6) is 1.24. The highest BCUT2D eigenvalue weighted by Crippen LogP contribution is 2.35. The third-order valence-corrected chi connectivity index (χ3v) is 4.99. The molecular weight excluding hydrogens is 302 g/mol. The molecule has 1 saturated carbocycles. The van der Waals surface area contributed by atoms with Crippen LogP contribution in [-0.4, -0.2) is 46.8 Å². The predicted octanol–water partition coefficient (Wildman–Crippen LogP) is 2.54. The van der Waals surface area contributed by atoms with E-state index in [9.17, 15) is 0 Å². The smallest absolute Gasteiger partial charge is 0.213 e. The van der Waals surface area contributed by atoms with Gasteiger partial charge in [-0.25, -0.2) is 4.98 Å². The maximum Gasteiger partial charge on any atom is 0.213 e. The van der Waals surface area contributed by atoms with Gasteiger partial charge in [-0.05, 0) is 42.5 Å². The summed E-state index contributed by atoms with van der Waals surface area (Å²) >= 11 is 0. The number of aromatic nitrogens is 2. The van der Waals surface area contributed by atoms with Crippen molar-refractivity contribution >= 4 is 0 Å². The Morgan fingerprint density at radius 3 is 2.88 bits per heavy atom. The van der Waals surface area contributed by atoms with Gasteiger partial charge in [-0.15, -0.1) is 0 Å². The molecule has 3 atom stereocenters. The number of hydrogen-bond donors (Lipinski definition) is 0. The van der Waals surface area contributed by atoms with Gasteiger partial charge in [0, 0.05) is 43.8 Å². The first kappa shape index (κ1) is 15.5. The molecule has 2 aromatic rings. The van der Waals surface area contributed by atoms with Crippen molar-refractivity contribution in [1.29, 1.82) is 0 Å². The summed E-state index contributed by atoms with van der Waals surface area (Å²) in [5, 5.41) is 0. The topological polar surface area (TPSA) is 47.5 Å². The fraction of sp³-hybridized carbons (Fsp3) is 0.474. The normalized spacial score (nSPS) is 26.9. The molecule has 0 aromatic carbocycles. The molecule has 0 unspecified atom stereocenters. The third-order valence-electron chi connectivity index (χ3n) is 4.99. The summed E-state index contributed by atoms with van der Waals surface area (Å²) in [4.78, 5) is 10.9. The molecule has 1 aliphatic heterocycles. The number of ether oxygens (including phenoxy) is 2. The average Bonchev–Trinajstić information content (AvgIpc) is 3.06. The van der Waals surface area contributed by atoms with Crippen LogP contribution in [0.5, 0.6) is 5.88 Å². The van der Waals surface area contributed by atoms with Gasteiger partial charge in [0.25, 0.3) is 0 Å². The summed E-state index contributed by atoms with van der Waals surface area (Å²) in [5.41, 5.74) is 1.32. The van der Waals surface area contributed by atoms with E-state index in [1.807, 2.05) is 30.6 Å². The molecule has 1 saturated heterocycles. The van der Waals surface area contributed by atoms with Gasteiger partial charge < -0.3 is 9.47 Å². The predicted molar refractivity (Wildman–Crippen MR) is 90.6 cm³/mol. The molecule has 0 amide bonds. The minimum Gasteiger partial charge on any atom is -0.477 e. The quantitative estimate of drug-likeness (QED) is 0.845. The lowest BCUT2D eigenvalue weighted by Gasteiger charge is -2.37. The monoisotopic (exact) mass is 325 g/mol. The Balaban J connectivity index is 1.35. The lowest BCUT2D eigenvalue weighted by atomic mass is 10.1. The van der Waals surface area contributed by atoms with Crippen LogP contribution in [0.1, 0.15) is 18.4 Å². The highest BCUT2D eigenvalue weighted by Gasteiger charge is 2.41. The molecule has 126 valence electrons. The van der Waals surface area contributed by atoms with Crippen LogP contribution in [0.3, 0.4) is 0 Å². The number of pyridine rings is 2. The van der Waals surface area contributed by atoms with Crippen LogP contribution in [0, 0.1) is 5.92 Å². The summed E-state index contributed by atoms with van der Waals surface area (Å²) in [6.07, 6.45) is 8.03. The number of rotatable bonds is 5. The zero-order valence-corrected chi connectivity index (χ0v) is 13.8. The van der Waals surface area contributed by atoms with Crippen molar-refractivity contribution in [2.45, 2.75) is 31.5 Å². The Bertz CT molecular complexity index is 638. The molecule has 0 radical (unpaired) electrons. The maximum atomic E-state index is 6.03. The Kier molecular flexibility index (Phi) is 4.71. The number of fused-ring (bicyclic) bond motifs is 1. The highest BCUT2D eigenvalue weighted by molar-refractivity contribution is 5.11. The first-order valence-electron chi connectivity index (χ1n) is 8.67. The SMILES string of the molecule is c1ccc(OC[C@@H]2C[C@@H]3OCCN(Cc4ccncc4)[C@H]3C2)nc1. The van der Waals surface area contributed by atoms with Gasteiger partial charge in [-0.2, -0.15) is 0 Å². The van der Waals surface area contributed by atoms with Crippen LogP contribution in [0.4, 0.5) is 0 Å². The highest BCUT2D eigenvalue weighted by atomic mass is 16.5. The van der Waals surface area contributed by atoms with Crippen molar-refractivity contribution in [3.63, 3.8) is 0 Å². The van der Waals surface area contributed by atoms with E-state index < -0.39 is 0 Å². The molecule has 1 aliphatic carbocycles. The van der Waals surface area contributed by atoms with E-state index in [2.05, 4.69) is 27.0 Å². The fourth-order valence-electron chi connectivity index (χ4n) is 3.82. The minimum atomic E-state index is 0.331. The molecule has 0 spiro atoms. The van der Waals surface area contributed by atoms with Crippen molar-refractivity contribution < 1.29 is 9.47 Å². The van der Waals surface area contributed by atoms with Crippen LogP contribution >= 0.6 is 0 Å². The molecule has 3 heterocycles. The summed E-state index contributed by atoms with van der Waals surface area (Å²) < 4.78 is 11.9. The van der Waals surface area contributed by atoms with Gasteiger partial charge in [-0.1, -0.05) is 6.07 Å². The first-order valence-corrected chi connectivity index (χ1v) is 8.67. The first-order chi connectivity index (χ1) is 11.9. The van der Waals surface area contributed by atoms with Gasteiger partial charge in [0.1, 0.15) is 0 Å². The van der Waals surface area contributed by atoms with Crippen LogP contribution in [0.15, 0.2) is 48.9 Å². The Hall–Kier alpha value is -1.98. The molecule has 5 heteroatoms. The second-order valence-electron chi connectivity index (χ2n) is 6.62. The van der Waals surface area contributed by atoms with Gasteiger partial charge in [0.2, 0.25) is 5.88 Å². The zero-order valence-electron chi connectivity index (χ0n) is 13.8.